The Morgan fingerprint density at radius 3 is 2.47 bits per heavy atom. The number of alkyl halides is 3. The number of ether oxygens (including phenoxy) is 3. The fraction of sp³-hybridized carbons (Fsp3) is 0.417. The summed E-state index contributed by atoms with van der Waals surface area (Å²) in [6, 6.07) is 5.81. The number of benzene rings is 2. The Hall–Kier alpha value is -3.14. The maximum absolute atomic E-state index is 14.7. The SMILES string of the molecule is COc1cc2nc(C)nc(N[C@H](C)c3cccc(C(F)(F)F)c3F)c2cc1OCC1(OC)CC1. The van der Waals surface area contributed by atoms with Gasteiger partial charge in [0.15, 0.2) is 11.5 Å². The van der Waals surface area contributed by atoms with Crippen LogP contribution >= 0.6 is 0 Å². The van der Waals surface area contributed by atoms with E-state index in [1.807, 2.05) is 0 Å². The van der Waals surface area contributed by atoms with E-state index in [-0.39, 0.29) is 11.2 Å². The third kappa shape index (κ3) is 4.72. The van der Waals surface area contributed by atoms with Crippen molar-refractivity contribution in [2.24, 2.45) is 0 Å². The van der Waals surface area contributed by atoms with Gasteiger partial charge in [-0.15, -0.1) is 0 Å². The molecule has 0 amide bonds. The van der Waals surface area contributed by atoms with Crippen molar-refractivity contribution in [2.45, 2.75) is 44.5 Å². The van der Waals surface area contributed by atoms with Crippen LogP contribution < -0.4 is 14.8 Å². The fourth-order valence-electron chi connectivity index (χ4n) is 3.78. The topological polar surface area (TPSA) is 65.5 Å². The molecule has 1 saturated carbocycles. The molecule has 0 spiro atoms. The summed E-state index contributed by atoms with van der Waals surface area (Å²) in [6.45, 7) is 3.59. The molecule has 0 bridgehead atoms. The Labute approximate surface area is 194 Å². The van der Waals surface area contributed by atoms with Crippen LogP contribution in [0.5, 0.6) is 11.5 Å². The summed E-state index contributed by atoms with van der Waals surface area (Å²) in [6.07, 6.45) is -2.99. The number of aryl methyl sites for hydroxylation is 1. The quantitative estimate of drug-likeness (QED) is 0.410. The molecule has 6 nitrogen and oxygen atoms in total. The zero-order valence-electron chi connectivity index (χ0n) is 19.2. The first-order chi connectivity index (χ1) is 16.1. The molecule has 4 rings (SSSR count). The third-order valence-corrected chi connectivity index (χ3v) is 5.98. The average molecular weight is 479 g/mol. The molecule has 1 aromatic heterocycles. The predicted molar refractivity (Wildman–Crippen MR) is 119 cm³/mol. The van der Waals surface area contributed by atoms with Gasteiger partial charge in [0.05, 0.1) is 24.2 Å². The zero-order valence-corrected chi connectivity index (χ0v) is 19.2. The van der Waals surface area contributed by atoms with E-state index in [4.69, 9.17) is 14.2 Å². The van der Waals surface area contributed by atoms with E-state index < -0.39 is 23.6 Å². The second-order valence-electron chi connectivity index (χ2n) is 8.39. The summed E-state index contributed by atoms with van der Waals surface area (Å²) < 4.78 is 71.1. The van der Waals surface area contributed by atoms with Gasteiger partial charge in [0.1, 0.15) is 29.7 Å². The van der Waals surface area contributed by atoms with Crippen molar-refractivity contribution >= 4 is 16.7 Å². The largest absolute Gasteiger partial charge is 0.493 e. The second-order valence-corrected chi connectivity index (χ2v) is 8.39. The number of nitrogens with one attached hydrogen (secondary N) is 1. The Balaban J connectivity index is 1.70. The highest BCUT2D eigenvalue weighted by atomic mass is 19.4. The van der Waals surface area contributed by atoms with Crippen LogP contribution in [0.4, 0.5) is 23.4 Å². The molecule has 0 unspecified atom stereocenters. The number of nitrogens with zero attached hydrogens (tertiary/aromatic N) is 2. The Morgan fingerprint density at radius 1 is 1.12 bits per heavy atom. The molecular weight excluding hydrogens is 454 g/mol. The van der Waals surface area contributed by atoms with Crippen LogP contribution in [0.15, 0.2) is 30.3 Å². The number of anilines is 1. The van der Waals surface area contributed by atoms with Crippen molar-refractivity contribution in [3.8, 4) is 11.5 Å². The molecule has 1 atom stereocenters. The number of hydrogen-bond donors (Lipinski definition) is 1. The molecule has 0 radical (unpaired) electrons. The number of methoxy groups -OCH3 is 2. The predicted octanol–water partition coefficient (Wildman–Crippen LogP) is 5.84. The van der Waals surface area contributed by atoms with Gasteiger partial charge in [0, 0.05) is 24.1 Å². The number of halogens is 4. The van der Waals surface area contributed by atoms with E-state index in [0.717, 1.165) is 18.9 Å². The number of aromatic nitrogens is 2. The summed E-state index contributed by atoms with van der Waals surface area (Å²) in [5, 5.41) is 3.60. The molecule has 1 N–H and O–H groups in total. The summed E-state index contributed by atoms with van der Waals surface area (Å²) in [5.41, 5.74) is -1.20. The third-order valence-electron chi connectivity index (χ3n) is 5.98. The molecule has 1 fully saturated rings. The number of fused-ring (bicyclic) bond motifs is 1. The van der Waals surface area contributed by atoms with Crippen LogP contribution in [0.1, 0.15) is 42.8 Å². The minimum Gasteiger partial charge on any atom is -0.493 e. The molecule has 1 heterocycles. The first-order valence-corrected chi connectivity index (χ1v) is 10.7. The highest BCUT2D eigenvalue weighted by molar-refractivity contribution is 5.92. The molecule has 3 aromatic rings. The lowest BCUT2D eigenvalue weighted by Crippen LogP contribution is -2.21. The normalized spacial score (nSPS) is 15.8. The molecule has 182 valence electrons. The molecule has 0 aliphatic heterocycles. The van der Waals surface area contributed by atoms with Gasteiger partial charge in [-0.1, -0.05) is 12.1 Å². The molecule has 0 saturated heterocycles. The van der Waals surface area contributed by atoms with Crippen LogP contribution in [0.3, 0.4) is 0 Å². The van der Waals surface area contributed by atoms with Crippen LogP contribution in [-0.2, 0) is 10.9 Å². The first kappa shape index (κ1) is 24.0. The van der Waals surface area contributed by atoms with Gasteiger partial charge in [0.25, 0.3) is 0 Å². The van der Waals surface area contributed by atoms with E-state index >= 15 is 0 Å². The minimum atomic E-state index is -4.79. The minimum absolute atomic E-state index is 0.125. The van der Waals surface area contributed by atoms with Gasteiger partial charge in [-0.05, 0) is 38.8 Å². The number of rotatable bonds is 8. The van der Waals surface area contributed by atoms with Gasteiger partial charge < -0.3 is 19.5 Å². The van der Waals surface area contributed by atoms with E-state index in [1.165, 1.54) is 19.2 Å². The lowest BCUT2D eigenvalue weighted by Gasteiger charge is -2.20. The summed E-state index contributed by atoms with van der Waals surface area (Å²) in [7, 11) is 3.16. The molecule has 1 aliphatic rings. The summed E-state index contributed by atoms with van der Waals surface area (Å²) in [5.74, 6) is 0.378. The second kappa shape index (κ2) is 8.90. The van der Waals surface area contributed by atoms with Gasteiger partial charge in [-0.3, -0.25) is 0 Å². The van der Waals surface area contributed by atoms with E-state index in [9.17, 15) is 17.6 Å². The Bertz CT molecular complexity index is 1210. The molecule has 1 aliphatic carbocycles. The van der Waals surface area contributed by atoms with Crippen molar-refractivity contribution in [1.82, 2.24) is 9.97 Å². The summed E-state index contributed by atoms with van der Waals surface area (Å²) >= 11 is 0. The van der Waals surface area contributed by atoms with E-state index in [2.05, 4.69) is 15.3 Å². The van der Waals surface area contributed by atoms with E-state index in [1.54, 1.807) is 33.1 Å². The van der Waals surface area contributed by atoms with E-state index in [0.29, 0.717) is 40.7 Å². The van der Waals surface area contributed by atoms with Crippen molar-refractivity contribution < 1.29 is 31.8 Å². The van der Waals surface area contributed by atoms with Crippen LogP contribution in [0.25, 0.3) is 10.9 Å². The molecule has 34 heavy (non-hydrogen) atoms. The smallest absolute Gasteiger partial charge is 0.419 e. The van der Waals surface area contributed by atoms with Gasteiger partial charge in [-0.25, -0.2) is 14.4 Å². The molecule has 2 aromatic carbocycles. The van der Waals surface area contributed by atoms with Crippen LogP contribution in [0.2, 0.25) is 0 Å². The average Bonchev–Trinajstić information content (AvgIpc) is 3.57. The maximum atomic E-state index is 14.7. The lowest BCUT2D eigenvalue weighted by molar-refractivity contribution is -0.140. The molecule has 10 heteroatoms. The number of hydrogen-bond acceptors (Lipinski definition) is 6. The fourth-order valence-corrected chi connectivity index (χ4v) is 3.78. The van der Waals surface area contributed by atoms with Crippen molar-refractivity contribution in [3.05, 3.63) is 53.1 Å². The lowest BCUT2D eigenvalue weighted by atomic mass is 10.0. The zero-order chi connectivity index (χ0) is 24.7. The van der Waals surface area contributed by atoms with Crippen LogP contribution in [0, 0.1) is 12.7 Å². The van der Waals surface area contributed by atoms with Gasteiger partial charge in [-0.2, -0.15) is 13.2 Å². The molecular formula is C24H25F4N3O3. The Kier molecular flexibility index (Phi) is 6.28. The Morgan fingerprint density at radius 2 is 1.85 bits per heavy atom. The summed E-state index contributed by atoms with van der Waals surface area (Å²) in [4.78, 5) is 8.85. The van der Waals surface area contributed by atoms with Gasteiger partial charge in [0.2, 0.25) is 0 Å². The first-order valence-electron chi connectivity index (χ1n) is 10.7. The van der Waals surface area contributed by atoms with Crippen molar-refractivity contribution in [3.63, 3.8) is 0 Å². The van der Waals surface area contributed by atoms with Crippen molar-refractivity contribution in [1.29, 1.82) is 0 Å². The van der Waals surface area contributed by atoms with Gasteiger partial charge >= 0.3 is 6.18 Å². The maximum Gasteiger partial charge on any atom is 0.419 e. The highest BCUT2D eigenvalue weighted by Crippen LogP contribution is 2.42. The highest BCUT2D eigenvalue weighted by Gasteiger charge is 2.44. The van der Waals surface area contributed by atoms with Crippen molar-refractivity contribution in [2.75, 3.05) is 26.1 Å². The van der Waals surface area contributed by atoms with Crippen LogP contribution in [-0.4, -0.2) is 36.4 Å². The monoisotopic (exact) mass is 479 g/mol. The standard InChI is InChI=1S/C24H25F4N3O3/c1-13(15-6-5-7-17(21(15)25)24(26,27)28)29-22-16-10-20(34-12-23(33-4)8-9-23)19(32-3)11-18(16)30-14(2)31-22/h5-7,10-11,13H,8-9,12H2,1-4H3,(H,29,30,31)/t13-/m1/s1.